The lowest BCUT2D eigenvalue weighted by Gasteiger charge is -2.28. The molecule has 5 amide bonds. The lowest BCUT2D eigenvalue weighted by molar-refractivity contribution is -0.145. The number of carbonyl (C=O) groups is 7. The number of amides is 5. The summed E-state index contributed by atoms with van der Waals surface area (Å²) in [6.45, 7) is 2.48. The Hall–Kier alpha value is -5.63. The molecule has 0 aliphatic rings. The quantitative estimate of drug-likeness (QED) is 0.0515. The van der Waals surface area contributed by atoms with Crippen LogP contribution in [-0.4, -0.2) is 122 Å². The van der Waals surface area contributed by atoms with Crippen molar-refractivity contribution >= 4 is 41.5 Å². The van der Waals surface area contributed by atoms with Crippen LogP contribution in [0.3, 0.4) is 0 Å². The average molecular weight is 774 g/mol. The molecule has 0 aliphatic heterocycles. The molecule has 2 aromatic carbocycles. The minimum atomic E-state index is -1.87. The van der Waals surface area contributed by atoms with Crippen molar-refractivity contribution < 1.29 is 59.1 Å². The van der Waals surface area contributed by atoms with Crippen molar-refractivity contribution in [3.63, 3.8) is 0 Å². The zero-order valence-electron chi connectivity index (χ0n) is 30.5. The van der Waals surface area contributed by atoms with Crippen LogP contribution in [-0.2, 0) is 46.4 Å². The topological polar surface area (TPSA) is 333 Å². The molecule has 0 fully saturated rings. The summed E-state index contributed by atoms with van der Waals surface area (Å²) < 4.78 is 0. The van der Waals surface area contributed by atoms with Crippen LogP contribution in [0.4, 0.5) is 0 Å². The first-order valence-corrected chi connectivity index (χ1v) is 17.5. The number of aromatic hydroxyl groups is 1. The van der Waals surface area contributed by atoms with Gasteiger partial charge in [0.1, 0.15) is 29.9 Å². The molecule has 0 unspecified atom stereocenters. The first-order valence-electron chi connectivity index (χ1n) is 17.5. The van der Waals surface area contributed by atoms with Gasteiger partial charge in [0.05, 0.1) is 24.7 Å². The number of nitrogens with one attached hydrogen (secondary N) is 5. The number of phenols is 1. The van der Waals surface area contributed by atoms with E-state index in [0.717, 1.165) is 19.4 Å². The van der Waals surface area contributed by atoms with Gasteiger partial charge in [-0.15, -0.1) is 0 Å². The number of phenolic OH excluding ortho intramolecular Hbond substituents is 1. The van der Waals surface area contributed by atoms with Gasteiger partial charge in [-0.3, -0.25) is 28.8 Å². The summed E-state index contributed by atoms with van der Waals surface area (Å²) in [6.07, 6.45) is -3.60. The summed E-state index contributed by atoms with van der Waals surface area (Å²) in [7, 11) is 0. The summed E-state index contributed by atoms with van der Waals surface area (Å²) >= 11 is 0. The molecule has 0 aliphatic carbocycles. The Kier molecular flexibility index (Phi) is 18.7. The second kappa shape index (κ2) is 22.6. The number of unbranched alkanes of at least 4 members (excludes halogenated alkanes) is 1. The van der Waals surface area contributed by atoms with Crippen LogP contribution >= 0.6 is 0 Å². The highest BCUT2D eigenvalue weighted by Crippen LogP contribution is 2.13. The first kappa shape index (κ1) is 45.5. The van der Waals surface area contributed by atoms with Crippen LogP contribution in [0.15, 0.2) is 54.6 Å². The Balaban J connectivity index is 2.30. The maximum atomic E-state index is 13.7. The number of hydrogen-bond acceptors (Lipinski definition) is 12. The van der Waals surface area contributed by atoms with Crippen molar-refractivity contribution in [2.45, 2.75) is 101 Å². The van der Waals surface area contributed by atoms with Gasteiger partial charge in [-0.2, -0.15) is 0 Å². The predicted octanol–water partition coefficient (Wildman–Crippen LogP) is -2.62. The number of benzene rings is 2. The summed E-state index contributed by atoms with van der Waals surface area (Å²) in [5.74, 6) is -8.24. The second-order valence-corrected chi connectivity index (χ2v) is 13.0. The number of aliphatic hydroxyl groups excluding tert-OH is 2. The molecular weight excluding hydrogens is 722 g/mol. The fourth-order valence-corrected chi connectivity index (χ4v) is 5.30. The van der Waals surface area contributed by atoms with Gasteiger partial charge in [0.2, 0.25) is 29.5 Å². The van der Waals surface area contributed by atoms with Crippen molar-refractivity contribution in [3.05, 3.63) is 65.7 Å². The summed E-state index contributed by atoms with van der Waals surface area (Å²) in [5.41, 5.74) is 12.9. The first-order chi connectivity index (χ1) is 25.9. The molecule has 0 spiro atoms. The van der Waals surface area contributed by atoms with Gasteiger partial charge in [-0.1, -0.05) is 42.5 Å². The summed E-state index contributed by atoms with van der Waals surface area (Å²) in [4.78, 5) is 90.1. The largest absolute Gasteiger partial charge is 0.508 e. The molecule has 19 nitrogen and oxygen atoms in total. The van der Waals surface area contributed by atoms with Crippen LogP contribution in [0, 0.1) is 0 Å². The van der Waals surface area contributed by atoms with E-state index in [1.165, 1.54) is 24.3 Å². The van der Waals surface area contributed by atoms with E-state index in [1.54, 1.807) is 30.3 Å². The molecule has 0 heterocycles. The third-order valence-corrected chi connectivity index (χ3v) is 8.34. The van der Waals surface area contributed by atoms with E-state index >= 15 is 0 Å². The minimum absolute atomic E-state index is 0.0591. The SMILES string of the molecule is C[C@@H](O)[C@H](NC(=O)[C@H](CCCCN)NC(=O)[C@H](CC(=O)O)NC(=O)[C@@H](NC(=O)[C@H](Cc1ccc(O)cc1)NC(=O)[C@@H](N)Cc1ccccc1)[C@@H](C)O)C(=O)O. The zero-order chi connectivity index (χ0) is 41.2. The van der Waals surface area contributed by atoms with E-state index in [4.69, 9.17) is 11.5 Å². The molecule has 0 aromatic heterocycles. The number of aliphatic carboxylic acids is 2. The van der Waals surface area contributed by atoms with Crippen LogP contribution < -0.4 is 38.1 Å². The van der Waals surface area contributed by atoms with Gasteiger partial charge in [-0.05, 0) is 69.3 Å². The molecule has 8 atom stereocenters. The molecule has 2 rings (SSSR count). The van der Waals surface area contributed by atoms with Crippen molar-refractivity contribution in [3.8, 4) is 5.75 Å². The third-order valence-electron chi connectivity index (χ3n) is 8.34. The Morgan fingerprint density at radius 2 is 1.13 bits per heavy atom. The van der Waals surface area contributed by atoms with Crippen LogP contribution in [0.1, 0.15) is 50.7 Å². The monoisotopic (exact) mass is 773 g/mol. The summed E-state index contributed by atoms with van der Waals surface area (Å²) in [5, 5.41) is 60.5. The molecule has 2 aromatic rings. The average Bonchev–Trinajstić information content (AvgIpc) is 3.12. The van der Waals surface area contributed by atoms with Gasteiger partial charge in [0.15, 0.2) is 6.04 Å². The maximum absolute atomic E-state index is 13.7. The van der Waals surface area contributed by atoms with E-state index in [9.17, 15) is 59.1 Å². The molecule has 0 bridgehead atoms. The van der Waals surface area contributed by atoms with Gasteiger partial charge >= 0.3 is 11.9 Å². The van der Waals surface area contributed by atoms with Crippen LogP contribution in [0.2, 0.25) is 0 Å². The lowest BCUT2D eigenvalue weighted by Crippen LogP contribution is -2.62. The van der Waals surface area contributed by atoms with Gasteiger partial charge < -0.3 is 63.6 Å². The Labute approximate surface area is 317 Å². The highest BCUT2D eigenvalue weighted by atomic mass is 16.4. The standard InChI is InChI=1S/C36H51N7O12/c1-19(44)29(42-34(52)26(17-22-11-13-23(46)14-12-22)40-31(49)24(38)16-21-8-4-3-5-9-21)35(53)41-27(18-28(47)48)33(51)39-25(10-6-7-15-37)32(50)43-30(20(2)45)36(54)55/h3-5,8-9,11-14,19-20,24-27,29-30,44-46H,6-7,10,15-18,37-38H2,1-2H3,(H,39,51)(H,40,49)(H,41,53)(H,42,52)(H,43,50)(H,47,48)(H,54,55)/t19-,20-,24+,25+,26+,27+,29+,30+/m1/s1. The van der Waals surface area contributed by atoms with E-state index < -0.39 is 96.4 Å². The summed E-state index contributed by atoms with van der Waals surface area (Å²) in [6, 6.07) is 5.22. The number of rotatable bonds is 23. The molecular formula is C36H51N7O12. The molecule has 0 saturated carbocycles. The Morgan fingerprint density at radius 1 is 0.618 bits per heavy atom. The van der Waals surface area contributed by atoms with Crippen LogP contribution in [0.5, 0.6) is 5.75 Å². The zero-order valence-corrected chi connectivity index (χ0v) is 30.5. The normalized spacial score (nSPS) is 15.4. The van der Waals surface area contributed by atoms with E-state index in [-0.39, 0.29) is 38.0 Å². The fraction of sp³-hybridized carbons (Fsp3) is 0.472. The van der Waals surface area contributed by atoms with Crippen molar-refractivity contribution in [1.82, 2.24) is 26.6 Å². The number of aliphatic hydroxyl groups is 2. The third kappa shape index (κ3) is 15.7. The lowest BCUT2D eigenvalue weighted by atomic mass is 10.0. The minimum Gasteiger partial charge on any atom is -0.508 e. The second-order valence-electron chi connectivity index (χ2n) is 13.0. The number of carbonyl (C=O) groups excluding carboxylic acids is 5. The van der Waals surface area contributed by atoms with Gasteiger partial charge in [0, 0.05) is 6.42 Å². The van der Waals surface area contributed by atoms with E-state index in [0.29, 0.717) is 12.0 Å². The van der Waals surface area contributed by atoms with Crippen molar-refractivity contribution in [2.75, 3.05) is 6.54 Å². The molecule has 14 N–H and O–H groups in total. The Morgan fingerprint density at radius 3 is 1.67 bits per heavy atom. The molecule has 55 heavy (non-hydrogen) atoms. The van der Waals surface area contributed by atoms with Gasteiger partial charge in [0.25, 0.3) is 0 Å². The Bertz CT molecular complexity index is 1610. The predicted molar refractivity (Wildman–Crippen MR) is 196 cm³/mol. The number of carboxylic acid groups (broad SMARTS) is 2. The number of nitrogens with two attached hydrogens (primary N) is 2. The smallest absolute Gasteiger partial charge is 0.328 e. The van der Waals surface area contributed by atoms with Crippen LogP contribution in [0.25, 0.3) is 0 Å². The van der Waals surface area contributed by atoms with Crippen molar-refractivity contribution in [2.24, 2.45) is 11.5 Å². The maximum Gasteiger partial charge on any atom is 0.328 e. The van der Waals surface area contributed by atoms with E-state index in [1.807, 2.05) is 0 Å². The number of carboxylic acids is 2. The van der Waals surface area contributed by atoms with Crippen molar-refractivity contribution in [1.29, 1.82) is 0 Å². The molecule has 0 radical (unpaired) electrons. The molecule has 0 saturated heterocycles. The molecule has 302 valence electrons. The number of hydrogen-bond donors (Lipinski definition) is 12. The highest BCUT2D eigenvalue weighted by Gasteiger charge is 2.35. The van der Waals surface area contributed by atoms with E-state index in [2.05, 4.69) is 26.6 Å². The van der Waals surface area contributed by atoms with Gasteiger partial charge in [-0.25, -0.2) is 4.79 Å². The highest BCUT2D eigenvalue weighted by molar-refractivity contribution is 5.97. The molecule has 19 heteroatoms. The fourth-order valence-electron chi connectivity index (χ4n) is 5.30.